The molecule has 3 aliphatic rings. The number of likely N-dealkylation sites (tertiary alicyclic amines) is 1. The maximum Gasteiger partial charge on any atom is 0.225 e. The lowest BCUT2D eigenvalue weighted by molar-refractivity contribution is -0.130. The van der Waals surface area contributed by atoms with Crippen molar-refractivity contribution in [2.75, 3.05) is 13.1 Å². The van der Waals surface area contributed by atoms with Gasteiger partial charge in [0.2, 0.25) is 5.91 Å². The first kappa shape index (κ1) is 16.9. The van der Waals surface area contributed by atoms with Gasteiger partial charge in [-0.1, -0.05) is 43.3 Å². The highest BCUT2D eigenvalue weighted by atomic mass is 32.2. The highest BCUT2D eigenvalue weighted by Crippen LogP contribution is 2.49. The molecule has 2 heterocycles. The number of primary amides is 1. The molecule has 0 bridgehead atoms. The minimum atomic E-state index is -0.533. The van der Waals surface area contributed by atoms with Gasteiger partial charge in [-0.2, -0.15) is 0 Å². The lowest BCUT2D eigenvalue weighted by Crippen LogP contribution is -2.59. The van der Waals surface area contributed by atoms with Crippen molar-refractivity contribution in [3.63, 3.8) is 0 Å². The van der Waals surface area contributed by atoms with Gasteiger partial charge in [-0.25, -0.2) is 4.99 Å². The topological polar surface area (TPSA) is 58.7 Å². The van der Waals surface area contributed by atoms with Crippen LogP contribution in [0.4, 0.5) is 5.69 Å². The summed E-state index contributed by atoms with van der Waals surface area (Å²) in [4.78, 5) is 22.6. The number of rotatable bonds is 4. The number of aliphatic imine (C=N–C) groups is 1. The maximum absolute atomic E-state index is 12.7. The van der Waals surface area contributed by atoms with Crippen molar-refractivity contribution in [2.24, 2.45) is 16.1 Å². The van der Waals surface area contributed by atoms with Crippen molar-refractivity contribution in [1.82, 2.24) is 4.90 Å². The predicted molar refractivity (Wildman–Crippen MR) is 103 cm³/mol. The number of para-hydroxylation sites is 1. The Bertz CT molecular complexity index is 751. The fourth-order valence-corrected chi connectivity index (χ4v) is 5.58. The molecule has 1 fully saturated rings. The van der Waals surface area contributed by atoms with Crippen molar-refractivity contribution in [2.45, 2.75) is 50.0 Å². The molecule has 4 nitrogen and oxygen atoms in total. The summed E-state index contributed by atoms with van der Waals surface area (Å²) in [6, 6.07) is 8.27. The second-order valence-electron chi connectivity index (χ2n) is 7.26. The van der Waals surface area contributed by atoms with Crippen LogP contribution in [0.2, 0.25) is 0 Å². The molecule has 0 spiro atoms. The molecular weight excluding hydrogens is 330 g/mol. The molecule has 1 amide bonds. The monoisotopic (exact) mass is 355 g/mol. The molecule has 0 radical (unpaired) electrons. The van der Waals surface area contributed by atoms with Gasteiger partial charge in [0.25, 0.3) is 0 Å². The van der Waals surface area contributed by atoms with Gasteiger partial charge < -0.3 is 5.73 Å². The van der Waals surface area contributed by atoms with E-state index in [2.05, 4.69) is 36.1 Å². The molecule has 1 saturated heterocycles. The van der Waals surface area contributed by atoms with Crippen LogP contribution >= 0.6 is 11.8 Å². The molecular formula is C20H25N3OS. The van der Waals surface area contributed by atoms with Crippen molar-refractivity contribution in [3.05, 3.63) is 35.2 Å². The van der Waals surface area contributed by atoms with Crippen LogP contribution in [-0.4, -0.2) is 35.7 Å². The average Bonchev–Trinajstić information content (AvgIpc) is 3.14. The van der Waals surface area contributed by atoms with Crippen LogP contribution in [0.25, 0.3) is 0 Å². The predicted octanol–water partition coefficient (Wildman–Crippen LogP) is 3.89. The van der Waals surface area contributed by atoms with Gasteiger partial charge in [-0.3, -0.25) is 9.69 Å². The number of hydrogen-bond donors (Lipinski definition) is 1. The van der Waals surface area contributed by atoms with Crippen molar-refractivity contribution in [1.29, 1.82) is 0 Å². The van der Waals surface area contributed by atoms with Gasteiger partial charge in [-0.05, 0) is 50.9 Å². The molecule has 0 aromatic heterocycles. The fraction of sp³-hybridized carbons (Fsp3) is 0.500. The van der Waals surface area contributed by atoms with Crippen molar-refractivity contribution >= 4 is 29.1 Å². The molecule has 1 aromatic rings. The largest absolute Gasteiger partial charge is 0.369 e. The molecule has 2 N–H and O–H groups in total. The van der Waals surface area contributed by atoms with Crippen LogP contribution in [0.3, 0.4) is 0 Å². The number of hydrogen-bond acceptors (Lipinski definition) is 4. The van der Waals surface area contributed by atoms with E-state index in [1.165, 1.54) is 22.6 Å². The van der Waals surface area contributed by atoms with Crippen molar-refractivity contribution in [3.8, 4) is 0 Å². The first-order chi connectivity index (χ1) is 12.2. The number of carbonyl (C=O) groups is 1. The van der Waals surface area contributed by atoms with Crippen LogP contribution in [0.1, 0.15) is 39.0 Å². The number of nitrogens with zero attached hydrogens (tertiary/aromatic N) is 2. The number of thioether (sulfide) groups is 1. The first-order valence-electron chi connectivity index (χ1n) is 9.25. The van der Waals surface area contributed by atoms with Gasteiger partial charge in [0.15, 0.2) is 0 Å². The minimum Gasteiger partial charge on any atom is -0.369 e. The van der Waals surface area contributed by atoms with Crippen molar-refractivity contribution < 1.29 is 4.79 Å². The van der Waals surface area contributed by atoms with Gasteiger partial charge >= 0.3 is 0 Å². The van der Waals surface area contributed by atoms with Gasteiger partial charge in [-0.15, -0.1) is 0 Å². The second kappa shape index (κ2) is 6.61. The number of fused-ring (bicyclic) bond motifs is 2. The molecule has 2 atom stereocenters. The van der Waals surface area contributed by atoms with Crippen LogP contribution in [0.15, 0.2) is 45.1 Å². The summed E-state index contributed by atoms with van der Waals surface area (Å²) in [6.45, 7) is 4.20. The SMILES string of the molecule is CCCC1(C(N)=O)CC=C2Sc3ccccc3N=C2C1N1CCCC1. The van der Waals surface area contributed by atoms with Crippen LogP contribution in [0, 0.1) is 5.41 Å². The summed E-state index contributed by atoms with van der Waals surface area (Å²) in [6.07, 6.45) is 7.07. The Morgan fingerprint density at radius 1 is 1.36 bits per heavy atom. The summed E-state index contributed by atoms with van der Waals surface area (Å²) in [5, 5.41) is 0. The lowest BCUT2D eigenvalue weighted by atomic mass is 9.68. The van der Waals surface area contributed by atoms with E-state index in [9.17, 15) is 4.79 Å². The van der Waals surface area contributed by atoms with Gasteiger partial charge in [0.05, 0.1) is 22.9 Å². The minimum absolute atomic E-state index is 0.00769. The molecule has 2 aliphatic heterocycles. The molecule has 0 saturated carbocycles. The van der Waals surface area contributed by atoms with Crippen LogP contribution in [-0.2, 0) is 4.79 Å². The standard InChI is InChI=1S/C20H25N3OS/c1-2-10-20(19(21)24)11-9-16-17(18(20)23-12-5-6-13-23)22-14-7-3-4-8-15(14)25-16/h3-4,7-9,18H,2,5-6,10-13H2,1H3,(H2,21,24). The van der Waals surface area contributed by atoms with E-state index in [1.54, 1.807) is 11.8 Å². The molecule has 132 valence electrons. The first-order valence-corrected chi connectivity index (χ1v) is 10.1. The zero-order chi connectivity index (χ0) is 17.4. The van der Waals surface area contributed by atoms with Crippen LogP contribution in [0.5, 0.6) is 0 Å². The summed E-state index contributed by atoms with van der Waals surface area (Å²) in [5.41, 5.74) is 7.55. The Morgan fingerprint density at radius 3 is 2.84 bits per heavy atom. The smallest absolute Gasteiger partial charge is 0.225 e. The molecule has 5 heteroatoms. The van der Waals surface area contributed by atoms with E-state index in [4.69, 9.17) is 10.7 Å². The van der Waals surface area contributed by atoms with E-state index in [0.29, 0.717) is 0 Å². The number of benzene rings is 1. The Hall–Kier alpha value is -1.59. The normalized spacial score (nSPS) is 28.8. The third kappa shape index (κ3) is 2.74. The highest BCUT2D eigenvalue weighted by Gasteiger charge is 2.52. The Labute approximate surface area is 153 Å². The van der Waals surface area contributed by atoms with Gasteiger partial charge in [0, 0.05) is 9.80 Å². The van der Waals surface area contributed by atoms with E-state index >= 15 is 0 Å². The van der Waals surface area contributed by atoms with E-state index < -0.39 is 5.41 Å². The summed E-state index contributed by atoms with van der Waals surface area (Å²) in [7, 11) is 0. The summed E-state index contributed by atoms with van der Waals surface area (Å²) < 4.78 is 0. The maximum atomic E-state index is 12.7. The number of amides is 1. The quantitative estimate of drug-likeness (QED) is 0.891. The molecule has 2 unspecified atom stereocenters. The second-order valence-corrected chi connectivity index (χ2v) is 8.34. The van der Waals surface area contributed by atoms with Crippen LogP contribution < -0.4 is 5.73 Å². The third-order valence-corrected chi connectivity index (χ3v) is 6.87. The molecule has 1 aliphatic carbocycles. The van der Waals surface area contributed by atoms with E-state index in [1.807, 2.05) is 6.07 Å². The third-order valence-electron chi connectivity index (χ3n) is 5.71. The molecule has 25 heavy (non-hydrogen) atoms. The van der Waals surface area contributed by atoms with Gasteiger partial charge in [0.1, 0.15) is 0 Å². The summed E-state index contributed by atoms with van der Waals surface area (Å²) >= 11 is 1.79. The van der Waals surface area contributed by atoms with E-state index in [-0.39, 0.29) is 11.9 Å². The zero-order valence-corrected chi connectivity index (χ0v) is 15.5. The summed E-state index contributed by atoms with van der Waals surface area (Å²) in [5.74, 6) is -0.173. The lowest BCUT2D eigenvalue weighted by Gasteiger charge is -2.46. The average molecular weight is 356 g/mol. The van der Waals surface area contributed by atoms with E-state index in [0.717, 1.165) is 43.8 Å². The molecule has 1 aromatic carbocycles. The Balaban J connectivity index is 1.86. The number of carbonyl (C=O) groups excluding carboxylic acids is 1. The number of nitrogens with two attached hydrogens (primary N) is 1. The molecule has 4 rings (SSSR count). The fourth-order valence-electron chi connectivity index (χ4n) is 4.55. The Kier molecular flexibility index (Phi) is 4.46. The zero-order valence-electron chi connectivity index (χ0n) is 14.7. The Morgan fingerprint density at radius 2 is 2.12 bits per heavy atom. The highest BCUT2D eigenvalue weighted by molar-refractivity contribution is 8.04. The number of allylic oxidation sites excluding steroid dienone is 1.